The second kappa shape index (κ2) is 5.39. The van der Waals surface area contributed by atoms with Gasteiger partial charge >= 0.3 is 5.97 Å². The topological polar surface area (TPSA) is 87.7 Å². The summed E-state index contributed by atoms with van der Waals surface area (Å²) in [7, 11) is 0. The summed E-state index contributed by atoms with van der Waals surface area (Å²) in [5.74, 6) is -0.816. The SMILES string of the molecule is O=C(O)c1c#cccc1-c1c2ccc(=O)cc-2oc2cc(O)ccc12. The Hall–Kier alpha value is -3.78. The Kier molecular flexibility index (Phi) is 3.19. The first-order chi connectivity index (χ1) is 12.0. The van der Waals surface area contributed by atoms with E-state index in [0.29, 0.717) is 33.4 Å². The minimum atomic E-state index is -1.13. The van der Waals surface area contributed by atoms with Gasteiger partial charge in [0.2, 0.25) is 0 Å². The van der Waals surface area contributed by atoms with Gasteiger partial charge in [0.1, 0.15) is 22.7 Å². The molecule has 0 aromatic heterocycles. The molecule has 5 heteroatoms. The molecule has 0 amide bonds. The van der Waals surface area contributed by atoms with Crippen molar-refractivity contribution in [3.63, 3.8) is 0 Å². The summed E-state index contributed by atoms with van der Waals surface area (Å²) < 4.78 is 5.74. The average molecular weight is 330 g/mol. The van der Waals surface area contributed by atoms with E-state index in [1.54, 1.807) is 24.3 Å². The molecule has 0 unspecified atom stereocenters. The highest BCUT2D eigenvalue weighted by atomic mass is 16.4. The molecular formula is C20H10O5. The highest BCUT2D eigenvalue weighted by molar-refractivity contribution is 6.07. The van der Waals surface area contributed by atoms with Gasteiger partial charge in [0.05, 0.1) is 0 Å². The molecule has 0 radical (unpaired) electrons. The maximum Gasteiger partial charge on any atom is 0.344 e. The van der Waals surface area contributed by atoms with Crippen LogP contribution >= 0.6 is 0 Å². The van der Waals surface area contributed by atoms with Crippen LogP contribution in [0.3, 0.4) is 0 Å². The molecule has 1 heterocycles. The third-order valence-electron chi connectivity index (χ3n) is 3.96. The van der Waals surface area contributed by atoms with Crippen molar-refractivity contribution in [2.24, 2.45) is 0 Å². The van der Waals surface area contributed by atoms with E-state index in [1.165, 1.54) is 24.3 Å². The highest BCUT2D eigenvalue weighted by Gasteiger charge is 2.21. The van der Waals surface area contributed by atoms with Gasteiger partial charge in [0.25, 0.3) is 0 Å². The van der Waals surface area contributed by atoms with Crippen molar-refractivity contribution in [3.05, 3.63) is 76.5 Å². The van der Waals surface area contributed by atoms with Crippen molar-refractivity contribution in [2.45, 2.75) is 0 Å². The van der Waals surface area contributed by atoms with E-state index in [2.05, 4.69) is 12.1 Å². The Morgan fingerprint density at radius 1 is 1.04 bits per heavy atom. The summed E-state index contributed by atoms with van der Waals surface area (Å²) in [6, 6.07) is 17.4. The molecule has 120 valence electrons. The molecule has 2 aromatic carbocycles. The van der Waals surface area contributed by atoms with E-state index < -0.39 is 5.97 Å². The van der Waals surface area contributed by atoms with Crippen molar-refractivity contribution >= 4 is 16.9 Å². The van der Waals surface area contributed by atoms with Gasteiger partial charge in [-0.3, -0.25) is 4.79 Å². The molecule has 5 nitrogen and oxygen atoms in total. The van der Waals surface area contributed by atoms with Crippen LogP contribution in [0.25, 0.3) is 33.4 Å². The maximum atomic E-state index is 11.7. The van der Waals surface area contributed by atoms with Crippen molar-refractivity contribution in [1.82, 2.24) is 0 Å². The molecule has 0 bridgehead atoms. The van der Waals surface area contributed by atoms with Crippen LogP contribution in [0.1, 0.15) is 10.4 Å². The van der Waals surface area contributed by atoms with Crippen molar-refractivity contribution in [2.75, 3.05) is 0 Å². The van der Waals surface area contributed by atoms with Crippen LogP contribution < -0.4 is 5.43 Å². The number of rotatable bonds is 2. The summed E-state index contributed by atoms with van der Waals surface area (Å²) in [6.07, 6.45) is 0. The maximum absolute atomic E-state index is 11.7. The van der Waals surface area contributed by atoms with E-state index in [-0.39, 0.29) is 16.7 Å². The van der Waals surface area contributed by atoms with Gasteiger partial charge in [-0.1, -0.05) is 12.1 Å². The van der Waals surface area contributed by atoms with E-state index in [9.17, 15) is 19.8 Å². The lowest BCUT2D eigenvalue weighted by Crippen LogP contribution is -2.02. The average Bonchev–Trinajstić information content (AvgIpc) is 2.59. The molecule has 0 spiro atoms. The van der Waals surface area contributed by atoms with Crippen LogP contribution in [0.2, 0.25) is 0 Å². The lowest BCUT2D eigenvalue weighted by Gasteiger charge is -2.15. The Balaban J connectivity index is 2.22. The van der Waals surface area contributed by atoms with E-state index in [4.69, 9.17) is 4.42 Å². The zero-order valence-electron chi connectivity index (χ0n) is 12.7. The Labute approximate surface area is 141 Å². The number of aromatic carboxylic acids is 1. The Bertz CT molecular complexity index is 1160. The van der Waals surface area contributed by atoms with Gasteiger partial charge < -0.3 is 14.6 Å². The summed E-state index contributed by atoms with van der Waals surface area (Å²) >= 11 is 0. The molecule has 1 aliphatic heterocycles. The van der Waals surface area contributed by atoms with E-state index >= 15 is 0 Å². The van der Waals surface area contributed by atoms with Crippen LogP contribution in [0.15, 0.2) is 57.7 Å². The number of phenolic OH excluding ortho intramolecular Hbond substituents is 1. The number of hydrogen-bond acceptors (Lipinski definition) is 4. The highest BCUT2D eigenvalue weighted by Crippen LogP contribution is 2.41. The number of fused-ring (bicyclic) bond motifs is 2. The van der Waals surface area contributed by atoms with Gasteiger partial charge in [0, 0.05) is 34.2 Å². The molecule has 1 aliphatic carbocycles. The molecule has 0 fully saturated rings. The summed E-state index contributed by atoms with van der Waals surface area (Å²) in [5.41, 5.74) is 1.71. The fraction of sp³-hybridized carbons (Fsp3) is 0. The third-order valence-corrected chi connectivity index (χ3v) is 3.96. The fourth-order valence-corrected chi connectivity index (χ4v) is 2.92. The second-order valence-corrected chi connectivity index (χ2v) is 5.51. The molecule has 2 aromatic rings. The largest absolute Gasteiger partial charge is 0.508 e. The summed E-state index contributed by atoms with van der Waals surface area (Å²) in [6.45, 7) is 0. The number of carbonyl (C=O) groups is 1. The lowest BCUT2D eigenvalue weighted by molar-refractivity contribution is 0.0697. The second-order valence-electron chi connectivity index (χ2n) is 5.51. The molecule has 2 N–H and O–H groups in total. The number of aromatic hydroxyl groups is 1. The van der Waals surface area contributed by atoms with Gasteiger partial charge in [-0.25, -0.2) is 4.79 Å². The molecule has 0 saturated heterocycles. The van der Waals surface area contributed by atoms with Crippen LogP contribution in [0.5, 0.6) is 5.75 Å². The first-order valence-corrected chi connectivity index (χ1v) is 7.40. The normalized spacial score (nSPS) is 10.7. The van der Waals surface area contributed by atoms with Crippen molar-refractivity contribution in [3.8, 4) is 28.2 Å². The van der Waals surface area contributed by atoms with Gasteiger partial charge in [0.15, 0.2) is 5.43 Å². The van der Waals surface area contributed by atoms with Crippen LogP contribution in [0, 0.1) is 12.1 Å². The fourth-order valence-electron chi connectivity index (χ4n) is 2.92. The minimum Gasteiger partial charge on any atom is -0.508 e. The Morgan fingerprint density at radius 2 is 1.88 bits per heavy atom. The summed E-state index contributed by atoms with van der Waals surface area (Å²) in [5, 5.41) is 19.8. The van der Waals surface area contributed by atoms with Crippen molar-refractivity contribution < 1.29 is 19.4 Å². The number of carboxylic acids is 1. The molecule has 0 saturated carbocycles. The predicted octanol–water partition coefficient (Wildman–Crippen LogP) is 3.57. The van der Waals surface area contributed by atoms with E-state index in [1.807, 2.05) is 0 Å². The molecule has 0 atom stereocenters. The van der Waals surface area contributed by atoms with E-state index in [0.717, 1.165) is 0 Å². The number of phenols is 1. The lowest BCUT2D eigenvalue weighted by atomic mass is 9.91. The van der Waals surface area contributed by atoms with Crippen LogP contribution in [-0.2, 0) is 0 Å². The van der Waals surface area contributed by atoms with Gasteiger partial charge in [-0.15, -0.1) is 0 Å². The minimum absolute atomic E-state index is 0.00578. The molecule has 2 aliphatic rings. The first kappa shape index (κ1) is 14.8. The smallest absolute Gasteiger partial charge is 0.344 e. The van der Waals surface area contributed by atoms with Crippen LogP contribution in [-0.4, -0.2) is 16.2 Å². The molecular weight excluding hydrogens is 320 g/mol. The summed E-state index contributed by atoms with van der Waals surface area (Å²) in [4.78, 5) is 23.3. The van der Waals surface area contributed by atoms with Gasteiger partial charge in [-0.05, 0) is 36.4 Å². The number of benzene rings is 2. The zero-order chi connectivity index (χ0) is 17.6. The van der Waals surface area contributed by atoms with Crippen LogP contribution in [0.4, 0.5) is 0 Å². The number of hydrogen-bond donors (Lipinski definition) is 2. The quantitative estimate of drug-likeness (QED) is 0.549. The Morgan fingerprint density at radius 3 is 2.68 bits per heavy atom. The van der Waals surface area contributed by atoms with Gasteiger partial charge in [-0.2, -0.15) is 0 Å². The third kappa shape index (κ3) is 2.37. The predicted molar refractivity (Wildman–Crippen MR) is 90.8 cm³/mol. The monoisotopic (exact) mass is 330 g/mol. The first-order valence-electron chi connectivity index (χ1n) is 7.40. The standard InChI is InChI=1S/C20H10O5/c21-11-5-7-15-17(9-11)25-18-10-12(22)6-8-16(18)19(15)13-3-1-2-4-14(13)20(23)24/h1,3,5-10,21H,(H,23,24). The number of carboxylic acid groups (broad SMARTS) is 1. The molecule has 25 heavy (non-hydrogen) atoms. The zero-order valence-corrected chi connectivity index (χ0v) is 12.7. The molecule has 4 rings (SSSR count). The van der Waals surface area contributed by atoms with Crippen molar-refractivity contribution in [1.29, 1.82) is 0 Å².